The molecule has 1 aromatic heterocycles. The molecule has 1 aromatic carbocycles. The van der Waals surface area contributed by atoms with Gasteiger partial charge in [0.1, 0.15) is 11.5 Å². The molecule has 2 aromatic rings. The average molecular weight is 276 g/mol. The minimum absolute atomic E-state index is 0.0270. The van der Waals surface area contributed by atoms with Crippen LogP contribution in [0.5, 0.6) is 11.5 Å². The number of aromatic nitrogens is 3. The van der Waals surface area contributed by atoms with Gasteiger partial charge in [0, 0.05) is 18.7 Å². The van der Waals surface area contributed by atoms with Crippen molar-refractivity contribution in [3.63, 3.8) is 0 Å². The molecule has 0 aliphatic rings. The van der Waals surface area contributed by atoms with Gasteiger partial charge in [-0.15, -0.1) is 5.10 Å². The summed E-state index contributed by atoms with van der Waals surface area (Å²) in [7, 11) is 5.17. The van der Waals surface area contributed by atoms with E-state index in [1.807, 2.05) is 25.2 Å². The number of rotatable bonds is 6. The standard InChI is InChI=1S/C14H20N4O2/c1-5-15-14(12-9-16-17-18(12)2)11-7-6-10(19-3)8-13(11)20-4/h6-9,14-15H,5H2,1-4H3. The third kappa shape index (κ3) is 2.75. The highest BCUT2D eigenvalue weighted by molar-refractivity contribution is 5.44. The van der Waals surface area contributed by atoms with Gasteiger partial charge in [-0.05, 0) is 18.7 Å². The molecule has 6 heteroatoms. The lowest BCUT2D eigenvalue weighted by molar-refractivity contribution is 0.386. The van der Waals surface area contributed by atoms with Crippen LogP contribution in [0.15, 0.2) is 24.4 Å². The van der Waals surface area contributed by atoms with E-state index in [9.17, 15) is 0 Å². The van der Waals surface area contributed by atoms with Gasteiger partial charge in [-0.3, -0.25) is 4.68 Å². The highest BCUT2D eigenvalue weighted by Gasteiger charge is 2.21. The maximum absolute atomic E-state index is 5.48. The fraction of sp³-hybridized carbons (Fsp3) is 0.429. The zero-order valence-electron chi connectivity index (χ0n) is 12.3. The Kier molecular flexibility index (Phi) is 4.57. The van der Waals surface area contributed by atoms with Gasteiger partial charge in [-0.1, -0.05) is 12.1 Å². The van der Waals surface area contributed by atoms with Crippen molar-refractivity contribution in [3.8, 4) is 11.5 Å². The first-order valence-corrected chi connectivity index (χ1v) is 6.51. The molecule has 2 rings (SSSR count). The van der Waals surface area contributed by atoms with Crippen LogP contribution >= 0.6 is 0 Å². The van der Waals surface area contributed by atoms with Gasteiger partial charge >= 0.3 is 0 Å². The van der Waals surface area contributed by atoms with Crippen LogP contribution in [-0.4, -0.2) is 35.8 Å². The topological polar surface area (TPSA) is 61.2 Å². The van der Waals surface area contributed by atoms with Gasteiger partial charge in [-0.2, -0.15) is 0 Å². The van der Waals surface area contributed by atoms with Gasteiger partial charge in [0.05, 0.1) is 32.2 Å². The molecule has 1 heterocycles. The quantitative estimate of drug-likeness (QED) is 0.867. The summed E-state index contributed by atoms with van der Waals surface area (Å²) in [5, 5.41) is 11.4. The lowest BCUT2D eigenvalue weighted by Crippen LogP contribution is -2.24. The molecular weight excluding hydrogens is 256 g/mol. The summed E-state index contributed by atoms with van der Waals surface area (Å²) in [6.45, 7) is 2.89. The third-order valence-electron chi connectivity index (χ3n) is 3.21. The number of hydrogen-bond acceptors (Lipinski definition) is 5. The number of ether oxygens (including phenoxy) is 2. The smallest absolute Gasteiger partial charge is 0.127 e. The van der Waals surface area contributed by atoms with Crippen molar-refractivity contribution in [2.75, 3.05) is 20.8 Å². The lowest BCUT2D eigenvalue weighted by atomic mass is 10.0. The highest BCUT2D eigenvalue weighted by Crippen LogP contribution is 2.32. The van der Waals surface area contributed by atoms with E-state index in [4.69, 9.17) is 9.47 Å². The molecule has 0 aliphatic heterocycles. The summed E-state index contributed by atoms with van der Waals surface area (Å²) in [5.74, 6) is 1.54. The van der Waals surface area contributed by atoms with E-state index in [0.717, 1.165) is 29.3 Å². The number of nitrogens with zero attached hydrogens (tertiary/aromatic N) is 3. The first-order chi connectivity index (χ1) is 9.71. The van der Waals surface area contributed by atoms with Crippen molar-refractivity contribution >= 4 is 0 Å². The molecule has 1 unspecified atom stereocenters. The van der Waals surface area contributed by atoms with Crippen LogP contribution in [-0.2, 0) is 7.05 Å². The Balaban J connectivity index is 2.46. The van der Waals surface area contributed by atoms with Crippen LogP contribution in [0.2, 0.25) is 0 Å². The van der Waals surface area contributed by atoms with Crippen molar-refractivity contribution in [2.24, 2.45) is 7.05 Å². The molecule has 0 saturated carbocycles. The lowest BCUT2D eigenvalue weighted by Gasteiger charge is -2.21. The highest BCUT2D eigenvalue weighted by atomic mass is 16.5. The van der Waals surface area contributed by atoms with Gasteiger partial charge in [0.25, 0.3) is 0 Å². The van der Waals surface area contributed by atoms with E-state index in [1.165, 1.54) is 0 Å². The second-order valence-electron chi connectivity index (χ2n) is 4.38. The fourth-order valence-corrected chi connectivity index (χ4v) is 2.19. The largest absolute Gasteiger partial charge is 0.497 e. The van der Waals surface area contributed by atoms with Crippen molar-refractivity contribution < 1.29 is 9.47 Å². The minimum atomic E-state index is -0.0270. The predicted octanol–water partition coefficient (Wildman–Crippen LogP) is 1.53. The Morgan fingerprint density at radius 2 is 2.10 bits per heavy atom. The number of hydrogen-bond donors (Lipinski definition) is 1. The van der Waals surface area contributed by atoms with Gasteiger partial charge in [-0.25, -0.2) is 0 Å². The first kappa shape index (κ1) is 14.3. The van der Waals surface area contributed by atoms with Crippen LogP contribution in [0, 0.1) is 0 Å². The van der Waals surface area contributed by atoms with Gasteiger partial charge in [0.2, 0.25) is 0 Å². The Morgan fingerprint density at radius 3 is 2.65 bits per heavy atom. The van der Waals surface area contributed by atoms with Crippen molar-refractivity contribution in [3.05, 3.63) is 35.7 Å². The molecule has 20 heavy (non-hydrogen) atoms. The van der Waals surface area contributed by atoms with E-state index in [-0.39, 0.29) is 6.04 Å². The second kappa shape index (κ2) is 6.38. The molecule has 0 amide bonds. The molecule has 1 atom stereocenters. The minimum Gasteiger partial charge on any atom is -0.497 e. The van der Waals surface area contributed by atoms with Gasteiger partial charge in [0.15, 0.2) is 0 Å². The number of benzene rings is 1. The van der Waals surface area contributed by atoms with Crippen LogP contribution < -0.4 is 14.8 Å². The zero-order chi connectivity index (χ0) is 14.5. The Hall–Kier alpha value is -2.08. The Labute approximate surface area is 118 Å². The van der Waals surface area contributed by atoms with Gasteiger partial charge < -0.3 is 14.8 Å². The molecule has 0 fully saturated rings. The van der Waals surface area contributed by atoms with Crippen LogP contribution in [0.4, 0.5) is 0 Å². The first-order valence-electron chi connectivity index (χ1n) is 6.51. The van der Waals surface area contributed by atoms with Crippen molar-refractivity contribution in [1.82, 2.24) is 20.3 Å². The normalized spacial score (nSPS) is 12.2. The second-order valence-corrected chi connectivity index (χ2v) is 4.38. The van der Waals surface area contributed by atoms with E-state index < -0.39 is 0 Å². The van der Waals surface area contributed by atoms with Crippen molar-refractivity contribution in [1.29, 1.82) is 0 Å². The molecule has 108 valence electrons. The van der Waals surface area contributed by atoms with Crippen LogP contribution in [0.25, 0.3) is 0 Å². The number of aryl methyl sites for hydroxylation is 1. The Morgan fingerprint density at radius 1 is 1.30 bits per heavy atom. The maximum Gasteiger partial charge on any atom is 0.127 e. The molecule has 0 spiro atoms. The van der Waals surface area contributed by atoms with Crippen LogP contribution in [0.3, 0.4) is 0 Å². The summed E-state index contributed by atoms with van der Waals surface area (Å²) in [5.41, 5.74) is 2.01. The monoisotopic (exact) mass is 276 g/mol. The molecule has 6 nitrogen and oxygen atoms in total. The SMILES string of the molecule is CCNC(c1ccc(OC)cc1OC)c1cnnn1C. The average Bonchev–Trinajstić information content (AvgIpc) is 2.90. The van der Waals surface area contributed by atoms with E-state index >= 15 is 0 Å². The fourth-order valence-electron chi connectivity index (χ4n) is 2.19. The zero-order valence-corrected chi connectivity index (χ0v) is 12.3. The van der Waals surface area contributed by atoms with E-state index in [1.54, 1.807) is 25.1 Å². The molecule has 1 N–H and O–H groups in total. The van der Waals surface area contributed by atoms with Crippen molar-refractivity contribution in [2.45, 2.75) is 13.0 Å². The van der Waals surface area contributed by atoms with Crippen LogP contribution in [0.1, 0.15) is 24.2 Å². The maximum atomic E-state index is 5.48. The molecule has 0 saturated heterocycles. The summed E-state index contributed by atoms with van der Waals surface area (Å²) in [6.07, 6.45) is 1.76. The molecule has 0 radical (unpaired) electrons. The molecular formula is C14H20N4O2. The molecule has 0 aliphatic carbocycles. The number of methoxy groups -OCH3 is 2. The summed E-state index contributed by atoms with van der Waals surface area (Å²) >= 11 is 0. The summed E-state index contributed by atoms with van der Waals surface area (Å²) < 4.78 is 12.5. The van der Waals surface area contributed by atoms with E-state index in [0.29, 0.717) is 0 Å². The van der Waals surface area contributed by atoms with E-state index in [2.05, 4.69) is 22.6 Å². The number of nitrogens with one attached hydrogen (secondary N) is 1. The third-order valence-corrected chi connectivity index (χ3v) is 3.21. The molecule has 0 bridgehead atoms. The Bertz CT molecular complexity index is 568. The summed E-state index contributed by atoms with van der Waals surface area (Å²) in [6, 6.07) is 5.77. The predicted molar refractivity (Wildman–Crippen MR) is 76.1 cm³/mol. The summed E-state index contributed by atoms with van der Waals surface area (Å²) in [4.78, 5) is 0.